The van der Waals surface area contributed by atoms with Crippen molar-refractivity contribution in [1.82, 2.24) is 4.98 Å². The van der Waals surface area contributed by atoms with Gasteiger partial charge in [-0.3, -0.25) is 4.79 Å². The molecule has 0 saturated carbocycles. The van der Waals surface area contributed by atoms with Gasteiger partial charge in [0.05, 0.1) is 16.1 Å². The Morgan fingerprint density at radius 1 is 1.27 bits per heavy atom. The molecule has 0 radical (unpaired) electrons. The molecule has 0 unspecified atom stereocenters. The summed E-state index contributed by atoms with van der Waals surface area (Å²) >= 11 is 1.19. The van der Waals surface area contributed by atoms with Crippen LogP contribution >= 0.6 is 11.3 Å². The molecule has 2 nitrogen and oxygen atoms in total. The summed E-state index contributed by atoms with van der Waals surface area (Å²) in [6.07, 6.45) is -0.338. The van der Waals surface area contributed by atoms with Crippen LogP contribution < -0.4 is 0 Å². The van der Waals surface area contributed by atoms with E-state index >= 15 is 0 Å². The summed E-state index contributed by atoms with van der Waals surface area (Å²) < 4.78 is 37.6. The van der Waals surface area contributed by atoms with Crippen LogP contribution in [0.5, 0.6) is 0 Å². The zero-order valence-corrected chi connectivity index (χ0v) is 12.9. The normalized spacial score (nSPS) is 12.0. The van der Waals surface area contributed by atoms with E-state index in [-0.39, 0.29) is 5.78 Å². The molecule has 1 heterocycles. The van der Waals surface area contributed by atoms with E-state index in [1.807, 2.05) is 6.92 Å². The summed E-state index contributed by atoms with van der Waals surface area (Å²) in [7, 11) is 0. The van der Waals surface area contributed by atoms with Crippen molar-refractivity contribution in [1.29, 1.82) is 0 Å². The molecule has 0 aliphatic carbocycles. The van der Waals surface area contributed by atoms with E-state index in [1.54, 1.807) is 13.0 Å². The Labute approximate surface area is 130 Å². The molecule has 2 aromatic rings. The van der Waals surface area contributed by atoms with Crippen molar-refractivity contribution in [2.75, 3.05) is 0 Å². The molecule has 0 amide bonds. The lowest BCUT2D eigenvalue weighted by molar-refractivity contribution is -0.137. The number of alkyl halides is 3. The van der Waals surface area contributed by atoms with Crippen molar-refractivity contribution in [3.63, 3.8) is 0 Å². The molecule has 1 aromatic heterocycles. The number of thiazole rings is 1. The van der Waals surface area contributed by atoms with Crippen LogP contribution in [0.4, 0.5) is 13.2 Å². The van der Waals surface area contributed by atoms with Gasteiger partial charge in [0, 0.05) is 5.56 Å². The first-order chi connectivity index (χ1) is 10.3. The molecular formula is C16H14F3NOS. The van der Waals surface area contributed by atoms with Crippen LogP contribution in [0.15, 0.2) is 36.4 Å². The largest absolute Gasteiger partial charge is 0.416 e. The van der Waals surface area contributed by atoms with E-state index in [0.29, 0.717) is 21.1 Å². The maximum absolute atomic E-state index is 12.5. The molecule has 0 spiro atoms. The van der Waals surface area contributed by atoms with Crippen LogP contribution in [0.25, 0.3) is 10.6 Å². The fourth-order valence-corrected chi connectivity index (χ4v) is 2.84. The second-order valence-corrected chi connectivity index (χ2v) is 5.68. The first-order valence-corrected chi connectivity index (χ1v) is 7.50. The zero-order chi connectivity index (χ0) is 16.3. The number of hydrogen-bond donors (Lipinski definition) is 0. The van der Waals surface area contributed by atoms with Crippen molar-refractivity contribution in [3.05, 3.63) is 52.6 Å². The SMILES string of the molecule is CCC=CC(=O)c1sc(-c2ccc(C(F)(F)F)cc2)nc1C. The van der Waals surface area contributed by atoms with E-state index in [0.717, 1.165) is 18.6 Å². The van der Waals surface area contributed by atoms with Crippen molar-refractivity contribution in [3.8, 4) is 10.6 Å². The maximum atomic E-state index is 12.5. The number of halogens is 3. The minimum absolute atomic E-state index is 0.130. The van der Waals surface area contributed by atoms with E-state index in [4.69, 9.17) is 0 Å². The molecule has 116 valence electrons. The van der Waals surface area contributed by atoms with Crippen LogP contribution in [0, 0.1) is 6.92 Å². The van der Waals surface area contributed by atoms with Crippen molar-refractivity contribution < 1.29 is 18.0 Å². The molecule has 2 rings (SSSR count). The highest BCUT2D eigenvalue weighted by molar-refractivity contribution is 7.17. The molecule has 0 saturated heterocycles. The number of aromatic nitrogens is 1. The number of allylic oxidation sites excluding steroid dienone is 2. The predicted molar refractivity (Wildman–Crippen MR) is 81.1 cm³/mol. The van der Waals surface area contributed by atoms with E-state index in [9.17, 15) is 18.0 Å². The topological polar surface area (TPSA) is 30.0 Å². The first kappa shape index (κ1) is 16.4. The van der Waals surface area contributed by atoms with Gasteiger partial charge in [0.1, 0.15) is 5.01 Å². The van der Waals surface area contributed by atoms with Gasteiger partial charge < -0.3 is 0 Å². The van der Waals surface area contributed by atoms with E-state index in [2.05, 4.69) is 4.98 Å². The minimum atomic E-state index is -4.36. The fourth-order valence-electron chi connectivity index (χ4n) is 1.85. The van der Waals surface area contributed by atoms with Gasteiger partial charge in [-0.1, -0.05) is 25.1 Å². The van der Waals surface area contributed by atoms with Crippen LogP contribution in [-0.4, -0.2) is 10.8 Å². The van der Waals surface area contributed by atoms with Gasteiger partial charge in [-0.25, -0.2) is 4.98 Å². The molecule has 0 fully saturated rings. The highest BCUT2D eigenvalue weighted by atomic mass is 32.1. The third-order valence-corrected chi connectivity index (χ3v) is 4.21. The molecule has 6 heteroatoms. The predicted octanol–water partition coefficient (Wildman–Crippen LogP) is 5.29. The summed E-state index contributed by atoms with van der Waals surface area (Å²) in [4.78, 5) is 16.8. The number of carbonyl (C=O) groups is 1. The zero-order valence-electron chi connectivity index (χ0n) is 12.1. The number of aryl methyl sites for hydroxylation is 1. The van der Waals surface area contributed by atoms with E-state index in [1.165, 1.54) is 29.5 Å². The lowest BCUT2D eigenvalue weighted by Gasteiger charge is -2.06. The summed E-state index contributed by atoms with van der Waals surface area (Å²) in [6.45, 7) is 3.65. The smallest absolute Gasteiger partial charge is 0.288 e. The molecule has 0 bridgehead atoms. The molecule has 0 aliphatic rings. The summed E-state index contributed by atoms with van der Waals surface area (Å²) in [6, 6.07) is 4.78. The van der Waals surface area contributed by atoms with Gasteiger partial charge in [-0.15, -0.1) is 11.3 Å². The molecule has 0 N–H and O–H groups in total. The molecule has 1 aromatic carbocycles. The third-order valence-electron chi connectivity index (χ3n) is 2.98. The average Bonchev–Trinajstić information content (AvgIpc) is 2.86. The van der Waals surface area contributed by atoms with Crippen LogP contribution in [0.2, 0.25) is 0 Å². The van der Waals surface area contributed by atoms with Crippen LogP contribution in [0.3, 0.4) is 0 Å². The lowest BCUT2D eigenvalue weighted by Crippen LogP contribution is -2.03. The molecule has 0 aliphatic heterocycles. The van der Waals surface area contributed by atoms with Gasteiger partial charge in [0.2, 0.25) is 0 Å². The van der Waals surface area contributed by atoms with Crippen molar-refractivity contribution >= 4 is 17.1 Å². The second-order valence-electron chi connectivity index (χ2n) is 4.68. The number of nitrogens with zero attached hydrogens (tertiary/aromatic N) is 1. The highest BCUT2D eigenvalue weighted by Gasteiger charge is 2.30. The van der Waals surface area contributed by atoms with Gasteiger partial charge in [-0.05, 0) is 31.6 Å². The van der Waals surface area contributed by atoms with E-state index < -0.39 is 11.7 Å². The number of benzene rings is 1. The Hall–Kier alpha value is -1.95. The van der Waals surface area contributed by atoms with Crippen LogP contribution in [0.1, 0.15) is 34.3 Å². The van der Waals surface area contributed by atoms with Crippen molar-refractivity contribution in [2.24, 2.45) is 0 Å². The maximum Gasteiger partial charge on any atom is 0.416 e. The summed E-state index contributed by atoms with van der Waals surface area (Å²) in [5.41, 5.74) is 0.456. The Kier molecular flexibility index (Phi) is 4.81. The molecule has 0 atom stereocenters. The average molecular weight is 325 g/mol. The quantitative estimate of drug-likeness (QED) is 0.565. The molecular weight excluding hydrogens is 311 g/mol. The van der Waals surface area contributed by atoms with Gasteiger partial charge >= 0.3 is 6.18 Å². The van der Waals surface area contributed by atoms with Crippen molar-refractivity contribution in [2.45, 2.75) is 26.4 Å². The van der Waals surface area contributed by atoms with Gasteiger partial charge in [-0.2, -0.15) is 13.2 Å². The van der Waals surface area contributed by atoms with Crippen LogP contribution in [-0.2, 0) is 6.18 Å². The lowest BCUT2D eigenvalue weighted by atomic mass is 10.1. The minimum Gasteiger partial charge on any atom is -0.288 e. The van der Waals surface area contributed by atoms with Gasteiger partial charge in [0.15, 0.2) is 5.78 Å². The Morgan fingerprint density at radius 2 is 1.91 bits per heavy atom. The highest BCUT2D eigenvalue weighted by Crippen LogP contribution is 2.33. The Balaban J connectivity index is 2.31. The van der Waals surface area contributed by atoms with Gasteiger partial charge in [0.25, 0.3) is 0 Å². The summed E-state index contributed by atoms with van der Waals surface area (Å²) in [5, 5.41) is 0.541. The number of ketones is 1. The first-order valence-electron chi connectivity index (χ1n) is 6.69. The Bertz CT molecular complexity index is 699. The molecule has 22 heavy (non-hydrogen) atoms. The number of carbonyl (C=O) groups excluding carboxylic acids is 1. The fraction of sp³-hybridized carbons (Fsp3) is 0.250. The number of rotatable bonds is 4. The third kappa shape index (κ3) is 3.62. The standard InChI is InChI=1S/C16H14F3NOS/c1-3-4-5-13(21)14-10(2)20-15(22-14)11-6-8-12(9-7-11)16(17,18)19/h4-9H,3H2,1-2H3. The second kappa shape index (κ2) is 6.44. The Morgan fingerprint density at radius 3 is 2.45 bits per heavy atom. The monoisotopic (exact) mass is 325 g/mol. The number of hydrogen-bond acceptors (Lipinski definition) is 3. The summed E-state index contributed by atoms with van der Waals surface area (Å²) in [5.74, 6) is -0.130.